The Morgan fingerprint density at radius 2 is 2.19 bits per heavy atom. The van der Waals surface area contributed by atoms with Crippen LogP contribution in [0.3, 0.4) is 0 Å². The van der Waals surface area contributed by atoms with Gasteiger partial charge in [-0.3, -0.25) is 4.98 Å². The summed E-state index contributed by atoms with van der Waals surface area (Å²) < 4.78 is 0. The number of aromatic nitrogens is 1. The number of nitrogens with zero attached hydrogens (tertiary/aromatic N) is 2. The highest BCUT2D eigenvalue weighted by Gasteiger charge is 2.31. The van der Waals surface area contributed by atoms with Crippen LogP contribution in [0.25, 0.3) is 0 Å². The molecule has 1 aromatic rings. The molecule has 0 saturated heterocycles. The third-order valence-corrected chi connectivity index (χ3v) is 4.15. The summed E-state index contributed by atoms with van der Waals surface area (Å²) in [5.74, 6) is 0. The molecule has 3 nitrogen and oxygen atoms in total. The van der Waals surface area contributed by atoms with Crippen molar-refractivity contribution in [3.8, 4) is 0 Å². The summed E-state index contributed by atoms with van der Waals surface area (Å²) in [5, 5.41) is 3.58. The van der Waals surface area contributed by atoms with Gasteiger partial charge in [0.15, 0.2) is 0 Å². The lowest BCUT2D eigenvalue weighted by molar-refractivity contribution is 0.138. The average molecular weight is 241 g/mol. The summed E-state index contributed by atoms with van der Waals surface area (Å²) in [6, 6.07) is 0.452. The van der Waals surface area contributed by atoms with E-state index in [0.29, 0.717) is 6.04 Å². The summed E-state index contributed by atoms with van der Waals surface area (Å²) in [6.07, 6.45) is 3.02. The molecule has 1 N–H and O–H groups in total. The summed E-state index contributed by atoms with van der Waals surface area (Å²) in [4.78, 5) is 7.77. The van der Waals surface area contributed by atoms with Crippen molar-refractivity contribution in [3.63, 3.8) is 0 Å². The Hall–Kier alpha value is -0.450. The van der Waals surface area contributed by atoms with E-state index in [1.165, 1.54) is 4.88 Å². The van der Waals surface area contributed by atoms with Gasteiger partial charge in [0, 0.05) is 29.1 Å². The average Bonchev–Trinajstić information content (AvgIpc) is 2.69. The smallest absolute Gasteiger partial charge is 0.0794 e. The molecule has 0 saturated carbocycles. The molecule has 1 unspecified atom stereocenters. The zero-order valence-corrected chi connectivity index (χ0v) is 11.8. The van der Waals surface area contributed by atoms with Crippen molar-refractivity contribution in [2.75, 3.05) is 20.6 Å². The van der Waals surface area contributed by atoms with Crippen LogP contribution in [0.15, 0.2) is 11.7 Å². The lowest BCUT2D eigenvalue weighted by atomic mass is 9.90. The van der Waals surface area contributed by atoms with Crippen molar-refractivity contribution in [1.29, 1.82) is 0 Å². The highest BCUT2D eigenvalue weighted by Crippen LogP contribution is 2.21. The molecule has 16 heavy (non-hydrogen) atoms. The van der Waals surface area contributed by atoms with Gasteiger partial charge in [0.05, 0.1) is 5.51 Å². The molecule has 1 aromatic heterocycles. The van der Waals surface area contributed by atoms with Crippen molar-refractivity contribution in [2.45, 2.75) is 38.8 Å². The third kappa shape index (κ3) is 3.27. The van der Waals surface area contributed by atoms with Crippen molar-refractivity contribution in [3.05, 3.63) is 16.6 Å². The topological polar surface area (TPSA) is 28.2 Å². The maximum atomic E-state index is 4.14. The number of nitrogens with one attached hydrogen (secondary N) is 1. The van der Waals surface area contributed by atoms with E-state index in [0.717, 1.165) is 13.0 Å². The second-order valence-electron chi connectivity index (χ2n) is 4.83. The molecule has 0 aliphatic carbocycles. The maximum Gasteiger partial charge on any atom is 0.0794 e. The minimum atomic E-state index is 0.139. The van der Waals surface area contributed by atoms with Gasteiger partial charge in [-0.25, -0.2) is 0 Å². The fraction of sp³-hybridized carbons (Fsp3) is 0.750. The molecule has 1 heterocycles. The maximum absolute atomic E-state index is 4.14. The van der Waals surface area contributed by atoms with Gasteiger partial charge in [0.1, 0.15) is 0 Å². The first-order valence-corrected chi connectivity index (χ1v) is 6.64. The van der Waals surface area contributed by atoms with Crippen LogP contribution >= 0.6 is 11.3 Å². The number of hydrogen-bond acceptors (Lipinski definition) is 4. The Kier molecular flexibility index (Phi) is 4.89. The van der Waals surface area contributed by atoms with Gasteiger partial charge in [-0.15, -0.1) is 11.3 Å². The SMILES string of the molecule is CCNC(Cc1cncs1)C(C)(C)N(C)C. The van der Waals surface area contributed by atoms with E-state index in [1.54, 1.807) is 11.3 Å². The van der Waals surface area contributed by atoms with Crippen LogP contribution in [0.5, 0.6) is 0 Å². The predicted octanol–water partition coefficient (Wildman–Crippen LogP) is 2.00. The molecule has 0 aromatic carbocycles. The number of rotatable bonds is 6. The van der Waals surface area contributed by atoms with Crippen molar-refractivity contribution in [2.24, 2.45) is 0 Å². The van der Waals surface area contributed by atoms with Crippen LogP contribution in [0, 0.1) is 0 Å². The second-order valence-corrected chi connectivity index (χ2v) is 5.80. The fourth-order valence-corrected chi connectivity index (χ4v) is 2.32. The van der Waals surface area contributed by atoms with E-state index in [-0.39, 0.29) is 5.54 Å². The number of thiazole rings is 1. The zero-order valence-electron chi connectivity index (χ0n) is 10.9. The molecule has 92 valence electrons. The van der Waals surface area contributed by atoms with Gasteiger partial charge >= 0.3 is 0 Å². The predicted molar refractivity (Wildman–Crippen MR) is 71.0 cm³/mol. The standard InChI is InChI=1S/C12H23N3S/c1-6-14-11(12(2,3)15(4)5)7-10-8-13-9-16-10/h8-9,11,14H,6-7H2,1-5H3. The van der Waals surface area contributed by atoms with Crippen LogP contribution in [0.2, 0.25) is 0 Å². The first kappa shape index (κ1) is 13.6. The minimum Gasteiger partial charge on any atom is -0.312 e. The molecule has 0 fully saturated rings. The third-order valence-electron chi connectivity index (χ3n) is 3.34. The molecule has 0 radical (unpaired) electrons. The van der Waals surface area contributed by atoms with Crippen LogP contribution in [-0.2, 0) is 6.42 Å². The van der Waals surface area contributed by atoms with Crippen LogP contribution in [0.4, 0.5) is 0 Å². The normalized spacial score (nSPS) is 14.4. The van der Waals surface area contributed by atoms with Gasteiger partial charge in [-0.1, -0.05) is 6.92 Å². The molecule has 0 bridgehead atoms. The van der Waals surface area contributed by atoms with Gasteiger partial charge in [0.25, 0.3) is 0 Å². The Labute approximate surface area is 103 Å². The molecular weight excluding hydrogens is 218 g/mol. The lowest BCUT2D eigenvalue weighted by Gasteiger charge is -2.40. The first-order valence-electron chi connectivity index (χ1n) is 5.76. The Morgan fingerprint density at radius 1 is 1.50 bits per heavy atom. The quantitative estimate of drug-likeness (QED) is 0.826. The molecular formula is C12H23N3S. The number of likely N-dealkylation sites (N-methyl/N-ethyl adjacent to an activating group) is 2. The van der Waals surface area contributed by atoms with Crippen LogP contribution < -0.4 is 5.32 Å². The van der Waals surface area contributed by atoms with E-state index in [9.17, 15) is 0 Å². The van der Waals surface area contributed by atoms with Crippen LogP contribution in [-0.4, -0.2) is 42.1 Å². The molecule has 0 amide bonds. The van der Waals surface area contributed by atoms with Crippen molar-refractivity contribution in [1.82, 2.24) is 15.2 Å². The molecule has 4 heteroatoms. The molecule has 0 aliphatic rings. The highest BCUT2D eigenvalue weighted by molar-refractivity contribution is 7.09. The Balaban J connectivity index is 2.74. The summed E-state index contributed by atoms with van der Waals surface area (Å²) in [5.41, 5.74) is 2.04. The minimum absolute atomic E-state index is 0.139. The molecule has 0 aliphatic heterocycles. The molecule has 1 rings (SSSR count). The summed E-state index contributed by atoms with van der Waals surface area (Å²) in [6.45, 7) is 7.72. The molecule has 1 atom stereocenters. The lowest BCUT2D eigenvalue weighted by Crippen LogP contribution is -2.56. The van der Waals surface area contributed by atoms with Gasteiger partial charge < -0.3 is 10.2 Å². The largest absolute Gasteiger partial charge is 0.312 e. The van der Waals surface area contributed by atoms with Gasteiger partial charge in [-0.05, 0) is 34.5 Å². The molecule has 0 spiro atoms. The zero-order chi connectivity index (χ0) is 12.2. The monoisotopic (exact) mass is 241 g/mol. The van der Waals surface area contributed by atoms with E-state index in [1.807, 2.05) is 11.7 Å². The van der Waals surface area contributed by atoms with Crippen LogP contribution in [0.1, 0.15) is 25.6 Å². The van der Waals surface area contributed by atoms with Gasteiger partial charge in [-0.2, -0.15) is 0 Å². The van der Waals surface area contributed by atoms with E-state index in [4.69, 9.17) is 0 Å². The summed E-state index contributed by atoms with van der Waals surface area (Å²) >= 11 is 1.74. The highest BCUT2D eigenvalue weighted by atomic mass is 32.1. The Bertz CT molecular complexity index is 293. The fourth-order valence-electron chi connectivity index (χ4n) is 1.67. The number of hydrogen-bond donors (Lipinski definition) is 1. The van der Waals surface area contributed by atoms with Crippen molar-refractivity contribution >= 4 is 11.3 Å². The van der Waals surface area contributed by atoms with E-state index < -0.39 is 0 Å². The first-order chi connectivity index (χ1) is 7.48. The Morgan fingerprint density at radius 3 is 2.62 bits per heavy atom. The van der Waals surface area contributed by atoms with E-state index >= 15 is 0 Å². The summed E-state index contributed by atoms with van der Waals surface area (Å²) in [7, 11) is 4.27. The van der Waals surface area contributed by atoms with Crippen molar-refractivity contribution < 1.29 is 0 Å². The van der Waals surface area contributed by atoms with E-state index in [2.05, 4.69) is 50.1 Å². The second kappa shape index (κ2) is 5.75. The van der Waals surface area contributed by atoms with Gasteiger partial charge in [0.2, 0.25) is 0 Å².